The zero-order valence-corrected chi connectivity index (χ0v) is 11.0. The highest BCUT2D eigenvalue weighted by Gasteiger charge is 2.31. The number of rotatable bonds is 3. The van der Waals surface area contributed by atoms with E-state index in [1.165, 1.54) is 12.1 Å². The Bertz CT molecular complexity index is 601. The number of nitrogens with two attached hydrogens (primary N) is 1. The van der Waals surface area contributed by atoms with Crippen LogP contribution in [0.15, 0.2) is 18.2 Å². The number of halogens is 1. The van der Waals surface area contributed by atoms with E-state index in [1.54, 1.807) is 0 Å². The Morgan fingerprint density at radius 1 is 1.47 bits per heavy atom. The number of amides is 1. The Morgan fingerprint density at radius 2 is 2.21 bits per heavy atom. The molecule has 2 rings (SSSR count). The van der Waals surface area contributed by atoms with E-state index >= 15 is 0 Å². The van der Waals surface area contributed by atoms with Crippen LogP contribution in [0, 0.1) is 5.82 Å². The molecule has 3 N–H and O–H groups in total. The van der Waals surface area contributed by atoms with Gasteiger partial charge in [-0.25, -0.2) is 12.8 Å². The van der Waals surface area contributed by atoms with Crippen molar-refractivity contribution in [3.05, 3.63) is 29.6 Å². The SMILES string of the molecule is Nc1ccc(C(=O)NCC2CCCS2(=O)=O)c(F)c1. The number of nitrogens with one attached hydrogen (secondary N) is 1. The molecule has 1 fully saturated rings. The lowest BCUT2D eigenvalue weighted by Crippen LogP contribution is -2.35. The van der Waals surface area contributed by atoms with E-state index in [-0.39, 0.29) is 23.5 Å². The molecule has 1 aromatic rings. The smallest absolute Gasteiger partial charge is 0.254 e. The van der Waals surface area contributed by atoms with Gasteiger partial charge in [-0.15, -0.1) is 0 Å². The van der Waals surface area contributed by atoms with Crippen LogP contribution in [0.3, 0.4) is 0 Å². The van der Waals surface area contributed by atoms with Crippen molar-refractivity contribution in [2.45, 2.75) is 18.1 Å². The summed E-state index contributed by atoms with van der Waals surface area (Å²) in [5.74, 6) is -1.18. The van der Waals surface area contributed by atoms with E-state index in [1.807, 2.05) is 0 Å². The summed E-state index contributed by atoms with van der Waals surface area (Å²) in [6.45, 7) is 0.0188. The molecular formula is C12H15FN2O3S. The molecule has 0 radical (unpaired) electrons. The van der Waals surface area contributed by atoms with Crippen molar-refractivity contribution in [3.63, 3.8) is 0 Å². The van der Waals surface area contributed by atoms with Gasteiger partial charge < -0.3 is 11.1 Å². The molecular weight excluding hydrogens is 271 g/mol. The third kappa shape index (κ3) is 3.04. The van der Waals surface area contributed by atoms with Crippen molar-refractivity contribution >= 4 is 21.4 Å². The quantitative estimate of drug-likeness (QED) is 0.801. The summed E-state index contributed by atoms with van der Waals surface area (Å²) >= 11 is 0. The molecule has 0 bridgehead atoms. The van der Waals surface area contributed by atoms with Gasteiger partial charge in [0, 0.05) is 12.2 Å². The first-order chi connectivity index (χ1) is 8.90. The molecule has 1 aliphatic heterocycles. The van der Waals surface area contributed by atoms with E-state index in [2.05, 4.69) is 5.32 Å². The molecule has 1 amide bonds. The monoisotopic (exact) mass is 286 g/mol. The van der Waals surface area contributed by atoms with Gasteiger partial charge >= 0.3 is 0 Å². The number of sulfone groups is 1. The molecule has 0 saturated carbocycles. The first-order valence-corrected chi connectivity index (χ1v) is 7.66. The minimum atomic E-state index is -3.11. The van der Waals surface area contributed by atoms with Crippen LogP contribution < -0.4 is 11.1 Å². The number of benzene rings is 1. The highest BCUT2D eigenvalue weighted by atomic mass is 32.2. The standard InChI is InChI=1S/C12H15FN2O3S/c13-11-6-8(14)3-4-10(11)12(16)15-7-9-2-1-5-19(9,17)18/h3-4,6,9H,1-2,5,7,14H2,(H,15,16). The van der Waals surface area contributed by atoms with Crippen LogP contribution in [0.4, 0.5) is 10.1 Å². The maximum atomic E-state index is 13.5. The molecule has 1 unspecified atom stereocenters. The van der Waals surface area contributed by atoms with Crippen molar-refractivity contribution in [1.29, 1.82) is 0 Å². The first kappa shape index (κ1) is 13.8. The summed E-state index contributed by atoms with van der Waals surface area (Å²) in [7, 11) is -3.11. The topological polar surface area (TPSA) is 89.3 Å². The number of carbonyl (C=O) groups excluding carboxylic acids is 1. The van der Waals surface area contributed by atoms with Gasteiger partial charge in [-0.1, -0.05) is 0 Å². The van der Waals surface area contributed by atoms with Crippen LogP contribution in [0.1, 0.15) is 23.2 Å². The summed E-state index contributed by atoms with van der Waals surface area (Å²) < 4.78 is 36.7. The Labute approximate surface area is 110 Å². The van der Waals surface area contributed by atoms with Crippen LogP contribution in [-0.2, 0) is 9.84 Å². The van der Waals surface area contributed by atoms with Crippen LogP contribution >= 0.6 is 0 Å². The Balaban J connectivity index is 2.02. The second-order valence-corrected chi connectivity index (χ2v) is 6.98. The van der Waals surface area contributed by atoms with Gasteiger partial charge in [-0.05, 0) is 31.0 Å². The Morgan fingerprint density at radius 3 is 2.79 bits per heavy atom. The first-order valence-electron chi connectivity index (χ1n) is 5.95. The molecule has 1 saturated heterocycles. The predicted octanol–water partition coefficient (Wildman–Crippen LogP) is 0.715. The third-order valence-electron chi connectivity index (χ3n) is 3.19. The van der Waals surface area contributed by atoms with Crippen LogP contribution in [0.5, 0.6) is 0 Å². The van der Waals surface area contributed by atoms with Gasteiger partial charge in [-0.2, -0.15) is 0 Å². The molecule has 1 aromatic carbocycles. The molecule has 1 aliphatic rings. The predicted molar refractivity (Wildman–Crippen MR) is 70.0 cm³/mol. The Kier molecular flexibility index (Phi) is 3.75. The highest BCUT2D eigenvalue weighted by Crippen LogP contribution is 2.19. The van der Waals surface area contributed by atoms with Crippen LogP contribution in [0.2, 0.25) is 0 Å². The van der Waals surface area contributed by atoms with E-state index in [0.717, 1.165) is 6.07 Å². The molecule has 7 heteroatoms. The second kappa shape index (κ2) is 5.16. The summed E-state index contributed by atoms with van der Waals surface area (Å²) in [5, 5.41) is 1.90. The van der Waals surface area contributed by atoms with Gasteiger partial charge in [-0.3, -0.25) is 4.79 Å². The number of hydrogen-bond acceptors (Lipinski definition) is 4. The average molecular weight is 286 g/mol. The highest BCUT2D eigenvalue weighted by molar-refractivity contribution is 7.92. The van der Waals surface area contributed by atoms with E-state index < -0.39 is 26.8 Å². The number of hydrogen-bond donors (Lipinski definition) is 2. The molecule has 19 heavy (non-hydrogen) atoms. The van der Waals surface area contributed by atoms with Crippen molar-refractivity contribution in [1.82, 2.24) is 5.32 Å². The molecule has 0 aliphatic carbocycles. The van der Waals surface area contributed by atoms with E-state index in [9.17, 15) is 17.6 Å². The largest absolute Gasteiger partial charge is 0.399 e. The second-order valence-electron chi connectivity index (χ2n) is 4.58. The molecule has 5 nitrogen and oxygen atoms in total. The fraction of sp³-hybridized carbons (Fsp3) is 0.417. The van der Waals surface area contributed by atoms with Gasteiger partial charge in [0.15, 0.2) is 9.84 Å². The van der Waals surface area contributed by atoms with Gasteiger partial charge in [0.25, 0.3) is 5.91 Å². The number of nitrogen functional groups attached to an aromatic ring is 1. The van der Waals surface area contributed by atoms with Crippen molar-refractivity contribution < 1.29 is 17.6 Å². The fourth-order valence-corrected chi connectivity index (χ4v) is 3.87. The molecule has 1 atom stereocenters. The van der Waals surface area contributed by atoms with Crippen molar-refractivity contribution in [2.24, 2.45) is 0 Å². The molecule has 104 valence electrons. The number of anilines is 1. The number of carbonyl (C=O) groups is 1. The lowest BCUT2D eigenvalue weighted by molar-refractivity contribution is 0.0949. The Hall–Kier alpha value is -1.63. The minimum absolute atomic E-state index is 0.0188. The average Bonchev–Trinajstić information content (AvgIpc) is 2.65. The zero-order chi connectivity index (χ0) is 14.0. The summed E-state index contributed by atoms with van der Waals surface area (Å²) in [6.07, 6.45) is 1.14. The van der Waals surface area contributed by atoms with E-state index in [4.69, 9.17) is 5.73 Å². The van der Waals surface area contributed by atoms with Crippen LogP contribution in [0.25, 0.3) is 0 Å². The van der Waals surface area contributed by atoms with Crippen LogP contribution in [-0.4, -0.2) is 31.9 Å². The molecule has 1 heterocycles. The minimum Gasteiger partial charge on any atom is -0.399 e. The summed E-state index contributed by atoms with van der Waals surface area (Å²) in [6, 6.07) is 3.76. The van der Waals surface area contributed by atoms with Crippen molar-refractivity contribution in [2.75, 3.05) is 18.0 Å². The van der Waals surface area contributed by atoms with E-state index in [0.29, 0.717) is 12.8 Å². The lowest BCUT2D eigenvalue weighted by atomic mass is 10.1. The maximum absolute atomic E-state index is 13.5. The fourth-order valence-electron chi connectivity index (χ4n) is 2.10. The van der Waals surface area contributed by atoms with Gasteiger partial charge in [0.2, 0.25) is 0 Å². The molecule has 0 aromatic heterocycles. The summed E-state index contributed by atoms with van der Waals surface area (Å²) in [4.78, 5) is 11.8. The summed E-state index contributed by atoms with van der Waals surface area (Å²) in [5.41, 5.74) is 5.48. The normalized spacial score (nSPS) is 21.2. The van der Waals surface area contributed by atoms with Gasteiger partial charge in [0.05, 0.1) is 16.6 Å². The van der Waals surface area contributed by atoms with Gasteiger partial charge in [0.1, 0.15) is 5.82 Å². The third-order valence-corrected chi connectivity index (χ3v) is 5.47. The zero-order valence-electron chi connectivity index (χ0n) is 10.2. The molecule has 0 spiro atoms. The maximum Gasteiger partial charge on any atom is 0.254 e. The van der Waals surface area contributed by atoms with Crippen molar-refractivity contribution in [3.8, 4) is 0 Å². The lowest BCUT2D eigenvalue weighted by Gasteiger charge is -2.11.